The molecule has 0 rings (SSSR count). The lowest BCUT2D eigenvalue weighted by atomic mass is 10.4. The number of rotatable bonds is 1. The Morgan fingerprint density at radius 3 is 2.00 bits per heavy atom. The quantitative estimate of drug-likeness (QED) is 0.480. The van der Waals surface area contributed by atoms with Gasteiger partial charge in [-0.3, -0.25) is 4.79 Å². The average Bonchev–Trinajstić information content (AvgIpc) is 1.65. The number of hydrogen-bond acceptors (Lipinski definition) is 2. The van der Waals surface area contributed by atoms with Crippen LogP contribution in [-0.4, -0.2) is 10.6 Å². The van der Waals surface area contributed by atoms with Crippen molar-refractivity contribution in [1.29, 1.82) is 0 Å². The van der Waals surface area contributed by atoms with Crippen LogP contribution in [0.25, 0.3) is 0 Å². The molecule has 0 aromatic rings. The molecule has 0 saturated heterocycles. The second-order valence-electron chi connectivity index (χ2n) is 1.20. The van der Waals surface area contributed by atoms with Crippen molar-refractivity contribution < 1.29 is 4.79 Å². The van der Waals surface area contributed by atoms with Crippen molar-refractivity contribution in [2.24, 2.45) is 0 Å². The molecule has 7 heavy (non-hydrogen) atoms. The standard InChI is InChI=1S/C4H6OS2/c1-3(5)4(2)7-6/h1-2H3. The largest absolute Gasteiger partial charge is 0.294 e. The Balaban J connectivity index is 4.10. The molecule has 0 unspecified atom stereocenters. The lowest BCUT2D eigenvalue weighted by Gasteiger charge is -1.79. The maximum Gasteiger partial charge on any atom is 0.166 e. The van der Waals surface area contributed by atoms with Crippen molar-refractivity contribution in [2.75, 3.05) is 0 Å². The van der Waals surface area contributed by atoms with E-state index in [1.807, 2.05) is 0 Å². The zero-order chi connectivity index (χ0) is 5.86. The highest BCUT2D eigenvalue weighted by Gasteiger charge is 1.90. The van der Waals surface area contributed by atoms with Crippen molar-refractivity contribution in [3.8, 4) is 0 Å². The van der Waals surface area contributed by atoms with Crippen molar-refractivity contribution in [3.05, 3.63) is 0 Å². The second kappa shape index (κ2) is 3.04. The number of carbonyl (C=O) groups excluding carboxylic acids is 1. The van der Waals surface area contributed by atoms with E-state index in [0.717, 1.165) is 9.91 Å². The van der Waals surface area contributed by atoms with Gasteiger partial charge in [0.05, 0.1) is 4.86 Å². The van der Waals surface area contributed by atoms with Gasteiger partial charge in [0.2, 0.25) is 0 Å². The van der Waals surface area contributed by atoms with E-state index in [0.29, 0.717) is 4.86 Å². The molecule has 0 radical (unpaired) electrons. The van der Waals surface area contributed by atoms with Crippen LogP contribution in [0, 0.1) is 0 Å². The molecule has 0 spiro atoms. The van der Waals surface area contributed by atoms with Crippen molar-refractivity contribution in [1.82, 2.24) is 0 Å². The minimum atomic E-state index is 0.0694. The lowest BCUT2D eigenvalue weighted by molar-refractivity contribution is -0.110. The van der Waals surface area contributed by atoms with Crippen LogP contribution in [0.4, 0.5) is 0 Å². The first kappa shape index (κ1) is 6.98. The molecule has 0 N–H and O–H groups in total. The molecule has 40 valence electrons. The van der Waals surface area contributed by atoms with Gasteiger partial charge in [0, 0.05) is 0 Å². The summed E-state index contributed by atoms with van der Waals surface area (Å²) in [6, 6.07) is 0. The van der Waals surface area contributed by atoms with Gasteiger partial charge >= 0.3 is 0 Å². The summed E-state index contributed by atoms with van der Waals surface area (Å²) < 4.78 is 0. The fourth-order valence-corrected chi connectivity index (χ4v) is 0.528. The molecule has 3 heteroatoms. The number of hydrogen-bond donors (Lipinski definition) is 0. The maximum atomic E-state index is 10.3. The molecule has 0 aliphatic heterocycles. The third-order valence-electron chi connectivity index (χ3n) is 0.621. The smallest absolute Gasteiger partial charge is 0.166 e. The van der Waals surface area contributed by atoms with Crippen LogP contribution in [0.15, 0.2) is 0 Å². The second-order valence-corrected chi connectivity index (χ2v) is 2.47. The summed E-state index contributed by atoms with van der Waals surface area (Å²) in [5.74, 6) is 0.0694. The molecule has 0 heterocycles. The monoisotopic (exact) mass is 134 g/mol. The van der Waals surface area contributed by atoms with Gasteiger partial charge in [-0.25, -0.2) is 0 Å². The molecule has 0 aromatic heterocycles. The predicted octanol–water partition coefficient (Wildman–Crippen LogP) is 0.312. The molecule has 0 saturated carbocycles. The first-order valence-corrected chi connectivity index (χ1v) is 3.57. The van der Waals surface area contributed by atoms with E-state index in [2.05, 4.69) is 11.2 Å². The summed E-state index contributed by atoms with van der Waals surface area (Å²) in [5, 5.41) is 0. The van der Waals surface area contributed by atoms with Crippen LogP contribution in [0.3, 0.4) is 0 Å². The zero-order valence-electron chi connectivity index (χ0n) is 4.22. The van der Waals surface area contributed by atoms with Gasteiger partial charge in [0.25, 0.3) is 0 Å². The first-order valence-electron chi connectivity index (χ1n) is 1.82. The first-order chi connectivity index (χ1) is 3.18. The Morgan fingerprint density at radius 2 is 2.00 bits per heavy atom. The molecule has 0 aliphatic carbocycles. The van der Waals surface area contributed by atoms with Crippen molar-refractivity contribution >= 4 is 31.7 Å². The third-order valence-corrected chi connectivity index (χ3v) is 1.91. The molecule has 0 amide bonds. The van der Waals surface area contributed by atoms with Gasteiger partial charge in [-0.1, -0.05) is 9.91 Å². The van der Waals surface area contributed by atoms with Gasteiger partial charge in [0.15, 0.2) is 5.78 Å². The topological polar surface area (TPSA) is 17.1 Å². The minimum Gasteiger partial charge on any atom is -0.294 e. The lowest BCUT2D eigenvalue weighted by Crippen LogP contribution is -2.02. The van der Waals surface area contributed by atoms with Crippen molar-refractivity contribution in [3.63, 3.8) is 0 Å². The molecular formula is C4H6OS2. The number of carbonyl (C=O) groups is 1. The summed E-state index contributed by atoms with van der Waals surface area (Å²) >= 11 is 4.51. The number of Topliss-reactive ketones (excluding diaryl/α,β-unsaturated/α-hetero) is 1. The van der Waals surface area contributed by atoms with E-state index >= 15 is 0 Å². The van der Waals surface area contributed by atoms with Crippen molar-refractivity contribution in [2.45, 2.75) is 13.8 Å². The van der Waals surface area contributed by atoms with E-state index in [1.54, 1.807) is 6.92 Å². The van der Waals surface area contributed by atoms with Gasteiger partial charge in [-0.15, -0.1) is 0 Å². The van der Waals surface area contributed by atoms with Crippen LogP contribution >= 0.6 is 0 Å². The van der Waals surface area contributed by atoms with E-state index in [-0.39, 0.29) is 5.78 Å². The van der Waals surface area contributed by atoms with Crippen LogP contribution in [0.5, 0.6) is 0 Å². The molecule has 0 atom stereocenters. The highest BCUT2D eigenvalue weighted by atomic mass is 32.8. The van der Waals surface area contributed by atoms with E-state index in [4.69, 9.17) is 0 Å². The van der Waals surface area contributed by atoms with E-state index in [1.165, 1.54) is 6.92 Å². The Bertz CT molecular complexity index is 133. The zero-order valence-corrected chi connectivity index (χ0v) is 5.86. The Hall–Kier alpha value is -0.0200. The molecule has 1 nitrogen and oxygen atoms in total. The Kier molecular flexibility index (Phi) is 3.04. The summed E-state index contributed by atoms with van der Waals surface area (Å²) in [6.07, 6.45) is 0. The third kappa shape index (κ3) is 2.65. The Morgan fingerprint density at radius 1 is 1.57 bits per heavy atom. The van der Waals surface area contributed by atoms with Gasteiger partial charge in [-0.2, -0.15) is 0 Å². The molecule has 0 bridgehead atoms. The molecular weight excluding hydrogens is 128 g/mol. The average molecular weight is 134 g/mol. The summed E-state index contributed by atoms with van der Waals surface area (Å²) in [4.78, 5) is 10.9. The van der Waals surface area contributed by atoms with E-state index < -0.39 is 0 Å². The van der Waals surface area contributed by atoms with Crippen LogP contribution in [0.2, 0.25) is 0 Å². The summed E-state index contributed by atoms with van der Waals surface area (Å²) in [6.45, 7) is 3.23. The van der Waals surface area contributed by atoms with Gasteiger partial charge in [0.1, 0.15) is 0 Å². The Labute approximate surface area is 50.9 Å². The normalized spacial score (nSPS) is 7.71. The SMILES string of the molecule is CC(=O)C(C)=S=S. The van der Waals surface area contributed by atoms with Gasteiger partial charge in [-0.05, 0) is 25.0 Å². The number of ketones is 1. The van der Waals surface area contributed by atoms with Crippen LogP contribution in [-0.2, 0) is 25.9 Å². The predicted molar refractivity (Wildman–Crippen MR) is 36.1 cm³/mol. The highest BCUT2D eigenvalue weighted by Crippen LogP contribution is 1.69. The fraction of sp³-hybridized carbons (Fsp3) is 0.500. The molecule has 0 aromatic carbocycles. The fourth-order valence-electron chi connectivity index (χ4n) is 0.0587. The molecule has 0 fully saturated rings. The van der Waals surface area contributed by atoms with E-state index in [9.17, 15) is 4.79 Å². The minimum absolute atomic E-state index is 0.0694. The molecule has 0 aliphatic rings. The maximum absolute atomic E-state index is 10.3. The highest BCUT2D eigenvalue weighted by molar-refractivity contribution is 8.17. The van der Waals surface area contributed by atoms with Gasteiger partial charge < -0.3 is 0 Å². The summed E-state index contributed by atoms with van der Waals surface area (Å²) in [5.41, 5.74) is 0. The van der Waals surface area contributed by atoms with Crippen LogP contribution in [0.1, 0.15) is 13.8 Å². The van der Waals surface area contributed by atoms with Crippen LogP contribution < -0.4 is 0 Å². The summed E-state index contributed by atoms with van der Waals surface area (Å²) in [7, 11) is 1.08.